The molecule has 0 aliphatic carbocycles. The minimum Gasteiger partial charge on any atom is -0.332 e. The second kappa shape index (κ2) is 7.62. The van der Waals surface area contributed by atoms with Crippen molar-refractivity contribution in [2.75, 3.05) is 5.32 Å². The molecule has 0 atom stereocenters. The molecule has 0 unspecified atom stereocenters. The lowest BCUT2D eigenvalue weighted by Gasteiger charge is -2.15. The number of nitrogens with one attached hydrogen (secondary N) is 2. The lowest BCUT2D eigenvalue weighted by atomic mass is 10.1. The molecule has 0 aliphatic heterocycles. The van der Waals surface area contributed by atoms with Crippen LogP contribution in [-0.2, 0) is 0 Å². The van der Waals surface area contributed by atoms with Crippen molar-refractivity contribution < 1.29 is 4.79 Å². The Morgan fingerprint density at radius 1 is 1.13 bits per heavy atom. The first-order valence-electron chi connectivity index (χ1n) is 6.62. The van der Waals surface area contributed by atoms with Crippen molar-refractivity contribution in [1.29, 1.82) is 0 Å². The highest BCUT2D eigenvalue weighted by molar-refractivity contribution is 9.10. The van der Waals surface area contributed by atoms with Crippen molar-refractivity contribution in [3.05, 3.63) is 61.5 Å². The average Bonchev–Trinajstić information content (AvgIpc) is 2.42. The van der Waals surface area contributed by atoms with Crippen LogP contribution in [0.1, 0.15) is 21.5 Å². The van der Waals surface area contributed by atoms with Crippen LogP contribution >= 0.6 is 51.3 Å². The van der Waals surface area contributed by atoms with E-state index in [4.69, 9.17) is 35.4 Å². The standard InChI is InChI=1S/C16H13BrCl2N2OS/c1-8-5-10(17)6-9(2)14(8)20-16(23)21-15(22)12-4-3-11(18)7-13(12)19/h3-7H,1-2H3,(H2,20,21,22,23). The summed E-state index contributed by atoms with van der Waals surface area (Å²) in [6, 6.07) is 8.60. The van der Waals surface area contributed by atoms with Crippen LogP contribution in [0.4, 0.5) is 5.69 Å². The third kappa shape index (κ3) is 4.67. The predicted molar refractivity (Wildman–Crippen MR) is 104 cm³/mol. The van der Waals surface area contributed by atoms with Crippen LogP contribution in [0.2, 0.25) is 10.0 Å². The summed E-state index contributed by atoms with van der Waals surface area (Å²) in [5.41, 5.74) is 3.20. The number of halogens is 3. The molecule has 0 heterocycles. The largest absolute Gasteiger partial charge is 0.332 e. The normalized spacial score (nSPS) is 10.3. The Labute approximate surface area is 158 Å². The van der Waals surface area contributed by atoms with Crippen molar-refractivity contribution in [3.8, 4) is 0 Å². The molecule has 2 aromatic rings. The van der Waals surface area contributed by atoms with Gasteiger partial charge in [-0.25, -0.2) is 0 Å². The molecule has 2 rings (SSSR count). The Morgan fingerprint density at radius 2 is 1.74 bits per heavy atom. The monoisotopic (exact) mass is 430 g/mol. The molecule has 1 amide bonds. The van der Waals surface area contributed by atoms with E-state index in [0.717, 1.165) is 21.3 Å². The van der Waals surface area contributed by atoms with Gasteiger partial charge in [0.25, 0.3) is 5.91 Å². The summed E-state index contributed by atoms with van der Waals surface area (Å²) >= 11 is 20.5. The van der Waals surface area contributed by atoms with Gasteiger partial charge < -0.3 is 5.32 Å². The Kier molecular flexibility index (Phi) is 6.03. The quantitative estimate of drug-likeness (QED) is 0.616. The molecule has 23 heavy (non-hydrogen) atoms. The van der Waals surface area contributed by atoms with Crippen LogP contribution in [0.5, 0.6) is 0 Å². The van der Waals surface area contributed by atoms with Crippen LogP contribution in [0.15, 0.2) is 34.8 Å². The van der Waals surface area contributed by atoms with Gasteiger partial charge in [0, 0.05) is 15.2 Å². The Morgan fingerprint density at radius 3 is 2.30 bits per heavy atom. The minimum atomic E-state index is -0.392. The summed E-state index contributed by atoms with van der Waals surface area (Å²) < 4.78 is 0.987. The lowest BCUT2D eigenvalue weighted by Crippen LogP contribution is -2.34. The second-order valence-corrected chi connectivity index (χ2v) is 7.11. The molecule has 3 nitrogen and oxygen atoms in total. The molecule has 7 heteroatoms. The van der Waals surface area contributed by atoms with Crippen molar-refractivity contribution in [2.45, 2.75) is 13.8 Å². The van der Waals surface area contributed by atoms with Crippen molar-refractivity contribution >= 4 is 68.1 Å². The lowest BCUT2D eigenvalue weighted by molar-refractivity contribution is 0.0978. The fourth-order valence-corrected chi connectivity index (χ4v) is 3.47. The van der Waals surface area contributed by atoms with Crippen LogP contribution in [0, 0.1) is 13.8 Å². The SMILES string of the molecule is Cc1cc(Br)cc(C)c1NC(=S)NC(=O)c1ccc(Cl)cc1Cl. The minimum absolute atomic E-state index is 0.203. The van der Waals surface area contributed by atoms with Gasteiger partial charge in [-0.2, -0.15) is 0 Å². The highest BCUT2D eigenvalue weighted by Gasteiger charge is 2.13. The Bertz CT molecular complexity index is 773. The molecule has 0 aromatic heterocycles. The zero-order valence-corrected chi connectivity index (χ0v) is 16.3. The van der Waals surface area contributed by atoms with E-state index in [1.165, 1.54) is 6.07 Å². The number of benzene rings is 2. The van der Waals surface area contributed by atoms with Crippen LogP contribution in [-0.4, -0.2) is 11.0 Å². The highest BCUT2D eigenvalue weighted by Crippen LogP contribution is 2.25. The van der Waals surface area contributed by atoms with Crippen molar-refractivity contribution in [1.82, 2.24) is 5.32 Å². The van der Waals surface area contributed by atoms with Crippen LogP contribution in [0.25, 0.3) is 0 Å². The third-order valence-electron chi connectivity index (χ3n) is 3.14. The molecule has 120 valence electrons. The smallest absolute Gasteiger partial charge is 0.258 e. The number of anilines is 1. The number of amides is 1. The number of carbonyl (C=O) groups excluding carboxylic acids is 1. The topological polar surface area (TPSA) is 41.1 Å². The van der Waals surface area contributed by atoms with E-state index in [-0.39, 0.29) is 10.1 Å². The van der Waals surface area contributed by atoms with Gasteiger partial charge in [-0.15, -0.1) is 0 Å². The molecular formula is C16H13BrCl2N2OS. The van der Waals surface area contributed by atoms with Gasteiger partial charge in [-0.3, -0.25) is 10.1 Å². The third-order valence-corrected chi connectivity index (χ3v) is 4.35. The van der Waals surface area contributed by atoms with E-state index >= 15 is 0 Å². The molecular weight excluding hydrogens is 419 g/mol. The van der Waals surface area contributed by atoms with Gasteiger partial charge in [0.2, 0.25) is 0 Å². The van der Waals surface area contributed by atoms with Gasteiger partial charge in [-0.1, -0.05) is 39.1 Å². The van der Waals surface area contributed by atoms with Crippen molar-refractivity contribution in [3.63, 3.8) is 0 Å². The maximum absolute atomic E-state index is 12.2. The average molecular weight is 432 g/mol. The fourth-order valence-electron chi connectivity index (χ4n) is 2.10. The fraction of sp³-hybridized carbons (Fsp3) is 0.125. The van der Waals surface area contributed by atoms with Gasteiger partial charge in [0.1, 0.15) is 0 Å². The first-order chi connectivity index (χ1) is 10.8. The summed E-state index contributed by atoms with van der Waals surface area (Å²) in [6.45, 7) is 3.92. The molecule has 0 fully saturated rings. The molecule has 2 aromatic carbocycles. The van der Waals surface area contributed by atoms with E-state index in [1.807, 2.05) is 26.0 Å². The summed E-state index contributed by atoms with van der Waals surface area (Å²) in [5, 5.41) is 6.60. The summed E-state index contributed by atoms with van der Waals surface area (Å²) in [5.74, 6) is -0.392. The maximum Gasteiger partial charge on any atom is 0.258 e. The van der Waals surface area contributed by atoms with Crippen molar-refractivity contribution in [2.24, 2.45) is 0 Å². The predicted octanol–water partition coefficient (Wildman–Crippen LogP) is 5.50. The summed E-state index contributed by atoms with van der Waals surface area (Å²) in [7, 11) is 0. The number of aryl methyl sites for hydroxylation is 2. The molecule has 0 bridgehead atoms. The van der Waals surface area contributed by atoms with Gasteiger partial charge in [0.15, 0.2) is 5.11 Å². The number of thiocarbonyl (C=S) groups is 1. The van der Waals surface area contributed by atoms with E-state index < -0.39 is 5.91 Å². The van der Waals surface area contributed by atoms with E-state index in [1.54, 1.807) is 12.1 Å². The van der Waals surface area contributed by atoms with Gasteiger partial charge >= 0.3 is 0 Å². The van der Waals surface area contributed by atoms with Crippen LogP contribution in [0.3, 0.4) is 0 Å². The van der Waals surface area contributed by atoms with E-state index in [2.05, 4.69) is 26.6 Å². The molecule has 2 N–H and O–H groups in total. The number of carbonyl (C=O) groups is 1. The summed E-state index contributed by atoms with van der Waals surface area (Å²) in [6.07, 6.45) is 0. The van der Waals surface area contributed by atoms with Gasteiger partial charge in [0.05, 0.1) is 10.6 Å². The maximum atomic E-state index is 12.2. The first-order valence-corrected chi connectivity index (χ1v) is 8.58. The zero-order chi connectivity index (χ0) is 17.1. The molecule has 0 saturated heterocycles. The highest BCUT2D eigenvalue weighted by atomic mass is 79.9. The first kappa shape index (κ1) is 18.2. The molecule has 0 saturated carbocycles. The number of hydrogen-bond donors (Lipinski definition) is 2. The van der Waals surface area contributed by atoms with Crippen LogP contribution < -0.4 is 10.6 Å². The molecule has 0 aliphatic rings. The van der Waals surface area contributed by atoms with Gasteiger partial charge in [-0.05, 0) is 67.5 Å². The Hall–Kier alpha value is -1.14. The van der Waals surface area contributed by atoms with E-state index in [9.17, 15) is 4.79 Å². The number of rotatable bonds is 2. The number of hydrogen-bond acceptors (Lipinski definition) is 2. The molecule has 0 radical (unpaired) electrons. The Balaban J connectivity index is 2.12. The summed E-state index contributed by atoms with van der Waals surface area (Å²) in [4.78, 5) is 12.2. The van der Waals surface area contributed by atoms with E-state index in [0.29, 0.717) is 10.6 Å². The molecule has 0 spiro atoms. The second-order valence-electron chi connectivity index (χ2n) is 4.95. The zero-order valence-electron chi connectivity index (χ0n) is 12.3.